The monoisotopic (exact) mass is 405 g/mol. The molecular formula is C23H19NO4S. The minimum absolute atomic E-state index is 0.0212. The molecular weight excluding hydrogens is 386 g/mol. The van der Waals surface area contributed by atoms with E-state index < -0.39 is 12.1 Å². The smallest absolute Gasteiger partial charge is 0.407 e. The summed E-state index contributed by atoms with van der Waals surface area (Å²) in [7, 11) is 0. The van der Waals surface area contributed by atoms with E-state index in [4.69, 9.17) is 9.84 Å². The maximum Gasteiger partial charge on any atom is 0.407 e. The van der Waals surface area contributed by atoms with Gasteiger partial charge in [0, 0.05) is 17.3 Å². The molecule has 146 valence electrons. The van der Waals surface area contributed by atoms with E-state index in [1.165, 1.54) is 33.6 Å². The summed E-state index contributed by atoms with van der Waals surface area (Å²) in [6.07, 6.45) is 2.90. The van der Waals surface area contributed by atoms with Gasteiger partial charge in [-0.2, -0.15) is 0 Å². The van der Waals surface area contributed by atoms with Gasteiger partial charge in [-0.25, -0.2) is 9.59 Å². The summed E-state index contributed by atoms with van der Waals surface area (Å²) >= 11 is 1.34. The molecule has 2 aromatic carbocycles. The van der Waals surface area contributed by atoms with E-state index in [1.54, 1.807) is 23.6 Å². The topological polar surface area (TPSA) is 75.6 Å². The zero-order chi connectivity index (χ0) is 20.2. The Bertz CT molecular complexity index is 1040. The average molecular weight is 405 g/mol. The van der Waals surface area contributed by atoms with Crippen molar-refractivity contribution in [2.45, 2.75) is 5.92 Å². The Kier molecular flexibility index (Phi) is 5.44. The van der Waals surface area contributed by atoms with Crippen molar-refractivity contribution in [3.8, 4) is 11.1 Å². The predicted octanol–water partition coefficient (Wildman–Crippen LogP) is 5.00. The Morgan fingerprint density at radius 3 is 2.34 bits per heavy atom. The van der Waals surface area contributed by atoms with Crippen molar-refractivity contribution in [1.29, 1.82) is 0 Å². The summed E-state index contributed by atoms with van der Waals surface area (Å²) in [5, 5.41) is 13.5. The summed E-state index contributed by atoms with van der Waals surface area (Å²) in [6.45, 7) is 0.519. The summed E-state index contributed by atoms with van der Waals surface area (Å²) in [6, 6.07) is 17.9. The van der Waals surface area contributed by atoms with Gasteiger partial charge in [-0.15, -0.1) is 11.3 Å². The Morgan fingerprint density at radius 1 is 1.03 bits per heavy atom. The van der Waals surface area contributed by atoms with Crippen LogP contribution in [0.15, 0.2) is 66.1 Å². The number of rotatable bonds is 6. The number of benzene rings is 2. The third-order valence-electron chi connectivity index (χ3n) is 4.90. The molecule has 1 aromatic heterocycles. The molecule has 4 rings (SSSR count). The maximum absolute atomic E-state index is 12.1. The van der Waals surface area contributed by atoms with E-state index in [1.807, 2.05) is 24.3 Å². The number of hydrogen-bond acceptors (Lipinski definition) is 4. The van der Waals surface area contributed by atoms with Crippen molar-refractivity contribution in [3.05, 3.63) is 87.6 Å². The van der Waals surface area contributed by atoms with Crippen LogP contribution < -0.4 is 5.32 Å². The number of hydrogen-bond donors (Lipinski definition) is 2. The van der Waals surface area contributed by atoms with Crippen LogP contribution in [-0.2, 0) is 4.74 Å². The number of carbonyl (C=O) groups is 2. The fraction of sp³-hybridized carbons (Fsp3) is 0.130. The van der Waals surface area contributed by atoms with E-state index in [0.29, 0.717) is 4.88 Å². The van der Waals surface area contributed by atoms with Gasteiger partial charge in [0.25, 0.3) is 0 Å². The number of carbonyl (C=O) groups excluding carboxylic acids is 1. The molecule has 0 bridgehead atoms. The van der Waals surface area contributed by atoms with Crippen LogP contribution in [0.3, 0.4) is 0 Å². The normalized spacial score (nSPS) is 12.6. The molecule has 0 saturated heterocycles. The summed E-state index contributed by atoms with van der Waals surface area (Å²) in [4.78, 5) is 23.8. The van der Waals surface area contributed by atoms with Crippen LogP contribution in [0, 0.1) is 0 Å². The fourth-order valence-electron chi connectivity index (χ4n) is 3.58. The lowest BCUT2D eigenvalue weighted by atomic mass is 9.98. The largest absolute Gasteiger partial charge is 0.478 e. The van der Waals surface area contributed by atoms with Crippen molar-refractivity contribution in [2.24, 2.45) is 0 Å². The lowest BCUT2D eigenvalue weighted by Gasteiger charge is -2.14. The average Bonchev–Trinajstić information content (AvgIpc) is 3.33. The number of thiophene rings is 1. The molecule has 0 aliphatic heterocycles. The highest BCUT2D eigenvalue weighted by Crippen LogP contribution is 2.44. The van der Waals surface area contributed by atoms with Crippen LogP contribution in [0.4, 0.5) is 4.79 Å². The van der Waals surface area contributed by atoms with E-state index in [-0.39, 0.29) is 24.6 Å². The molecule has 0 saturated carbocycles. The fourth-order valence-corrected chi connectivity index (χ4v) is 4.39. The molecule has 2 N–H and O–H groups in total. The van der Waals surface area contributed by atoms with Crippen molar-refractivity contribution in [1.82, 2.24) is 5.32 Å². The molecule has 0 radical (unpaired) electrons. The van der Waals surface area contributed by atoms with Crippen LogP contribution in [0.25, 0.3) is 17.2 Å². The quantitative estimate of drug-likeness (QED) is 0.605. The molecule has 0 atom stereocenters. The Labute approximate surface area is 172 Å². The number of carboxylic acids is 1. The molecule has 1 aliphatic rings. The van der Waals surface area contributed by atoms with Crippen LogP contribution in [0.2, 0.25) is 0 Å². The van der Waals surface area contributed by atoms with Crippen LogP contribution in [0.1, 0.15) is 32.3 Å². The minimum atomic E-state index is -0.963. The number of amides is 1. The molecule has 3 aromatic rings. The Morgan fingerprint density at radius 2 is 1.69 bits per heavy atom. The Hall–Kier alpha value is -3.38. The second-order valence-corrected chi connectivity index (χ2v) is 7.56. The Balaban J connectivity index is 1.34. The van der Waals surface area contributed by atoms with Gasteiger partial charge in [0.15, 0.2) is 0 Å². The van der Waals surface area contributed by atoms with Crippen molar-refractivity contribution >= 4 is 29.5 Å². The standard InChI is InChI=1S/C23H19NO4S/c25-22(26)19-11-13-29-21(19)10-5-12-24-23(27)28-14-20-17-8-3-1-6-15(17)16-7-2-4-9-18(16)20/h1-11,13,20H,12,14H2,(H,24,27)(H,25,26). The van der Waals surface area contributed by atoms with Crippen molar-refractivity contribution in [3.63, 3.8) is 0 Å². The second-order valence-electron chi connectivity index (χ2n) is 6.61. The lowest BCUT2D eigenvalue weighted by molar-refractivity contribution is 0.0697. The zero-order valence-corrected chi connectivity index (χ0v) is 16.3. The molecule has 29 heavy (non-hydrogen) atoms. The van der Waals surface area contributed by atoms with Gasteiger partial charge in [0.05, 0.1) is 5.56 Å². The molecule has 1 heterocycles. The molecule has 6 heteroatoms. The van der Waals surface area contributed by atoms with Crippen LogP contribution >= 0.6 is 11.3 Å². The van der Waals surface area contributed by atoms with Crippen LogP contribution in [0.5, 0.6) is 0 Å². The first-order chi connectivity index (χ1) is 14.1. The second kappa shape index (κ2) is 8.32. The minimum Gasteiger partial charge on any atom is -0.478 e. The predicted molar refractivity (Wildman–Crippen MR) is 113 cm³/mol. The molecule has 1 amide bonds. The molecule has 0 unspecified atom stereocenters. The van der Waals surface area contributed by atoms with E-state index in [0.717, 1.165) is 0 Å². The van der Waals surface area contributed by atoms with Gasteiger partial charge in [0.1, 0.15) is 6.61 Å². The number of nitrogens with one attached hydrogen (secondary N) is 1. The van der Waals surface area contributed by atoms with Gasteiger partial charge < -0.3 is 15.2 Å². The van der Waals surface area contributed by atoms with Gasteiger partial charge in [-0.1, -0.05) is 54.6 Å². The number of fused-ring (bicyclic) bond motifs is 3. The number of alkyl carbamates (subject to hydrolysis) is 1. The number of ether oxygens (including phenoxy) is 1. The summed E-state index contributed by atoms with van der Waals surface area (Å²) in [5.74, 6) is -0.941. The molecule has 5 nitrogen and oxygen atoms in total. The zero-order valence-electron chi connectivity index (χ0n) is 15.5. The van der Waals surface area contributed by atoms with Gasteiger partial charge in [-0.3, -0.25) is 0 Å². The van der Waals surface area contributed by atoms with E-state index in [2.05, 4.69) is 29.6 Å². The maximum atomic E-state index is 12.1. The van der Waals surface area contributed by atoms with E-state index >= 15 is 0 Å². The van der Waals surface area contributed by atoms with Gasteiger partial charge in [-0.05, 0) is 39.8 Å². The number of aromatic carboxylic acids is 1. The lowest BCUT2D eigenvalue weighted by Crippen LogP contribution is -2.26. The van der Waals surface area contributed by atoms with Crippen LogP contribution in [-0.4, -0.2) is 30.3 Å². The highest BCUT2D eigenvalue weighted by Gasteiger charge is 2.28. The summed E-state index contributed by atoms with van der Waals surface area (Å²) in [5.41, 5.74) is 4.96. The molecule has 0 fully saturated rings. The summed E-state index contributed by atoms with van der Waals surface area (Å²) < 4.78 is 5.46. The SMILES string of the molecule is O=C(NCC=Cc1sccc1C(=O)O)OCC1c2ccccc2-c2ccccc21. The van der Waals surface area contributed by atoms with E-state index in [9.17, 15) is 9.59 Å². The highest BCUT2D eigenvalue weighted by molar-refractivity contribution is 7.11. The van der Waals surface area contributed by atoms with Gasteiger partial charge in [0.2, 0.25) is 0 Å². The molecule has 1 aliphatic carbocycles. The first-order valence-corrected chi connectivity index (χ1v) is 10.1. The first-order valence-electron chi connectivity index (χ1n) is 9.21. The first kappa shape index (κ1) is 19.0. The van der Waals surface area contributed by atoms with Crippen molar-refractivity contribution < 1.29 is 19.4 Å². The van der Waals surface area contributed by atoms with Gasteiger partial charge >= 0.3 is 12.1 Å². The number of carboxylic acid groups (broad SMARTS) is 1. The third kappa shape index (κ3) is 3.93. The third-order valence-corrected chi connectivity index (χ3v) is 5.78. The highest BCUT2D eigenvalue weighted by atomic mass is 32.1. The van der Waals surface area contributed by atoms with Crippen molar-refractivity contribution in [2.75, 3.05) is 13.2 Å². The molecule has 0 spiro atoms.